The molecule has 0 aliphatic rings. The zero-order valence-electron chi connectivity index (χ0n) is 12.5. The lowest BCUT2D eigenvalue weighted by Gasteiger charge is -2.16. The third kappa shape index (κ3) is 5.02. The number of nitrogens with one attached hydrogen (secondary N) is 1. The minimum Gasteiger partial charge on any atom is -0.464 e. The molecule has 0 fully saturated rings. The van der Waals surface area contributed by atoms with Gasteiger partial charge in [-0.15, -0.1) is 0 Å². The van der Waals surface area contributed by atoms with Gasteiger partial charge < -0.3 is 10.1 Å². The largest absolute Gasteiger partial charge is 0.464 e. The maximum Gasteiger partial charge on any atom is 0.328 e. The molecule has 0 heterocycles. The fourth-order valence-electron chi connectivity index (χ4n) is 1.70. The van der Waals surface area contributed by atoms with E-state index >= 15 is 0 Å². The molecular weight excluding hydrogens is 273 g/mol. The summed E-state index contributed by atoms with van der Waals surface area (Å²) in [5.41, 5.74) is 0.635. The number of aryl methyl sites for hydroxylation is 1. The topological polar surface area (TPSA) is 55.4 Å². The molecule has 0 saturated carbocycles. The molecule has 1 atom stereocenters. The Kier molecular flexibility index (Phi) is 6.59. The Morgan fingerprint density at radius 1 is 1.43 bits per heavy atom. The van der Waals surface area contributed by atoms with E-state index in [1.54, 1.807) is 26.0 Å². The first kappa shape index (κ1) is 16.9. The number of amides is 1. The summed E-state index contributed by atoms with van der Waals surface area (Å²) in [7, 11) is 0. The van der Waals surface area contributed by atoms with Gasteiger partial charge in [-0.3, -0.25) is 4.79 Å². The predicted octanol–water partition coefficient (Wildman–Crippen LogP) is 2.76. The molecule has 0 aliphatic heterocycles. The zero-order chi connectivity index (χ0) is 15.8. The molecule has 1 rings (SSSR count). The van der Waals surface area contributed by atoms with E-state index < -0.39 is 23.7 Å². The van der Waals surface area contributed by atoms with Gasteiger partial charge in [0.2, 0.25) is 0 Å². The highest BCUT2D eigenvalue weighted by Crippen LogP contribution is 2.10. The highest BCUT2D eigenvalue weighted by Gasteiger charge is 2.21. The van der Waals surface area contributed by atoms with Crippen LogP contribution in [0, 0.1) is 12.7 Å². The van der Waals surface area contributed by atoms with Crippen LogP contribution in [0.2, 0.25) is 0 Å². The van der Waals surface area contributed by atoms with Crippen LogP contribution in [0.4, 0.5) is 4.39 Å². The van der Waals surface area contributed by atoms with Gasteiger partial charge in [0.25, 0.3) is 5.91 Å². The fourth-order valence-corrected chi connectivity index (χ4v) is 1.70. The maximum atomic E-state index is 13.5. The standard InChI is InChI=1S/C16H20FNO3/c1-4-6-7-14(16(20)21-5-2)18-15(19)12-9-8-11(3)13(17)10-12/h4,6,8-10,14H,5,7H2,1-3H3,(H,18,19)/b6-4+. The second kappa shape index (κ2) is 8.19. The van der Waals surface area contributed by atoms with E-state index in [4.69, 9.17) is 4.74 Å². The highest BCUT2D eigenvalue weighted by molar-refractivity contribution is 5.96. The normalized spacial score (nSPS) is 12.2. The number of hydrogen-bond acceptors (Lipinski definition) is 3. The molecule has 1 aromatic rings. The fraction of sp³-hybridized carbons (Fsp3) is 0.375. The van der Waals surface area contributed by atoms with E-state index in [1.165, 1.54) is 12.1 Å². The second-order valence-corrected chi connectivity index (χ2v) is 4.55. The highest BCUT2D eigenvalue weighted by atomic mass is 19.1. The van der Waals surface area contributed by atoms with E-state index in [0.29, 0.717) is 12.0 Å². The van der Waals surface area contributed by atoms with Crippen LogP contribution in [0.1, 0.15) is 36.2 Å². The second-order valence-electron chi connectivity index (χ2n) is 4.55. The zero-order valence-corrected chi connectivity index (χ0v) is 12.5. The summed E-state index contributed by atoms with van der Waals surface area (Å²) in [6.45, 7) is 5.37. The molecule has 1 amide bonds. The van der Waals surface area contributed by atoms with E-state index in [-0.39, 0.29) is 12.2 Å². The van der Waals surface area contributed by atoms with Crippen LogP contribution in [0.15, 0.2) is 30.4 Å². The molecule has 5 heteroatoms. The van der Waals surface area contributed by atoms with Crippen LogP contribution in [-0.4, -0.2) is 24.5 Å². The van der Waals surface area contributed by atoms with Crippen molar-refractivity contribution in [3.8, 4) is 0 Å². The van der Waals surface area contributed by atoms with E-state index in [2.05, 4.69) is 5.32 Å². The van der Waals surface area contributed by atoms with E-state index in [0.717, 1.165) is 6.07 Å². The van der Waals surface area contributed by atoms with Crippen molar-refractivity contribution in [2.45, 2.75) is 33.2 Å². The van der Waals surface area contributed by atoms with Gasteiger partial charge in [0.15, 0.2) is 0 Å². The average molecular weight is 293 g/mol. The molecule has 0 aromatic heterocycles. The molecule has 4 nitrogen and oxygen atoms in total. The minimum atomic E-state index is -0.780. The lowest BCUT2D eigenvalue weighted by molar-refractivity contribution is -0.145. The van der Waals surface area contributed by atoms with Crippen LogP contribution in [0.25, 0.3) is 0 Å². The molecule has 1 unspecified atom stereocenters. The van der Waals surface area contributed by atoms with Crippen molar-refractivity contribution in [1.82, 2.24) is 5.32 Å². The molecule has 1 aromatic carbocycles. The molecular formula is C16H20FNO3. The summed E-state index contributed by atoms with van der Waals surface area (Å²) >= 11 is 0. The predicted molar refractivity (Wildman–Crippen MR) is 78.5 cm³/mol. The lowest BCUT2D eigenvalue weighted by Crippen LogP contribution is -2.41. The number of rotatable bonds is 6. The van der Waals surface area contributed by atoms with Crippen LogP contribution in [0.3, 0.4) is 0 Å². The van der Waals surface area contributed by atoms with Crippen LogP contribution in [0.5, 0.6) is 0 Å². The first-order valence-corrected chi connectivity index (χ1v) is 6.84. The number of halogens is 1. The van der Waals surface area contributed by atoms with Crippen LogP contribution < -0.4 is 5.32 Å². The smallest absolute Gasteiger partial charge is 0.328 e. The first-order chi connectivity index (χ1) is 9.99. The number of benzene rings is 1. The summed E-state index contributed by atoms with van der Waals surface area (Å²) in [4.78, 5) is 23.9. The van der Waals surface area contributed by atoms with Crippen molar-refractivity contribution >= 4 is 11.9 Å². The number of carbonyl (C=O) groups excluding carboxylic acids is 2. The van der Waals surface area contributed by atoms with Gasteiger partial charge in [-0.05, 0) is 44.9 Å². The van der Waals surface area contributed by atoms with Crippen molar-refractivity contribution in [2.75, 3.05) is 6.61 Å². The van der Waals surface area contributed by atoms with E-state index in [1.807, 2.05) is 6.92 Å². The average Bonchev–Trinajstić information content (AvgIpc) is 2.46. The van der Waals surface area contributed by atoms with Gasteiger partial charge in [0.05, 0.1) is 6.61 Å². The summed E-state index contributed by atoms with van der Waals surface area (Å²) in [6.07, 6.45) is 3.87. The lowest BCUT2D eigenvalue weighted by atomic mass is 10.1. The van der Waals surface area contributed by atoms with Crippen molar-refractivity contribution in [3.63, 3.8) is 0 Å². The van der Waals surface area contributed by atoms with Gasteiger partial charge >= 0.3 is 5.97 Å². The SMILES string of the molecule is C/C=C/CC(NC(=O)c1ccc(C)c(F)c1)C(=O)OCC. The third-order valence-electron chi connectivity index (χ3n) is 2.92. The van der Waals surface area contributed by atoms with Crippen molar-refractivity contribution in [3.05, 3.63) is 47.3 Å². The molecule has 0 aliphatic carbocycles. The van der Waals surface area contributed by atoms with Crippen LogP contribution >= 0.6 is 0 Å². The quantitative estimate of drug-likeness (QED) is 0.648. The number of ether oxygens (including phenoxy) is 1. The Bertz CT molecular complexity index is 540. The molecule has 1 N–H and O–H groups in total. The molecule has 0 bridgehead atoms. The summed E-state index contributed by atoms with van der Waals surface area (Å²) in [6, 6.07) is 3.42. The number of allylic oxidation sites excluding steroid dienone is 1. The Morgan fingerprint density at radius 2 is 2.14 bits per heavy atom. The van der Waals surface area contributed by atoms with Gasteiger partial charge in [-0.1, -0.05) is 18.2 Å². The molecule has 114 valence electrons. The van der Waals surface area contributed by atoms with E-state index in [9.17, 15) is 14.0 Å². The minimum absolute atomic E-state index is 0.174. The molecule has 0 spiro atoms. The monoisotopic (exact) mass is 293 g/mol. The summed E-state index contributed by atoms with van der Waals surface area (Å²) in [5.74, 6) is -1.46. The number of carbonyl (C=O) groups is 2. The van der Waals surface area contributed by atoms with Crippen molar-refractivity contribution in [1.29, 1.82) is 0 Å². The Labute approximate surface area is 124 Å². The van der Waals surface area contributed by atoms with Crippen molar-refractivity contribution in [2.24, 2.45) is 0 Å². The maximum absolute atomic E-state index is 13.5. The van der Waals surface area contributed by atoms with Crippen molar-refractivity contribution < 1.29 is 18.7 Å². The third-order valence-corrected chi connectivity index (χ3v) is 2.92. The Morgan fingerprint density at radius 3 is 2.71 bits per heavy atom. The molecule has 0 radical (unpaired) electrons. The number of esters is 1. The number of hydrogen-bond donors (Lipinski definition) is 1. The van der Waals surface area contributed by atoms with Crippen LogP contribution in [-0.2, 0) is 9.53 Å². The van der Waals surface area contributed by atoms with Gasteiger partial charge in [-0.2, -0.15) is 0 Å². The Hall–Kier alpha value is -2.17. The first-order valence-electron chi connectivity index (χ1n) is 6.84. The molecule has 21 heavy (non-hydrogen) atoms. The summed E-state index contributed by atoms with van der Waals surface area (Å²) < 4.78 is 18.4. The molecule has 0 saturated heterocycles. The Balaban J connectivity index is 2.83. The van der Waals surface area contributed by atoms with Gasteiger partial charge in [-0.25, -0.2) is 9.18 Å². The summed E-state index contributed by atoms with van der Waals surface area (Å²) in [5, 5.41) is 2.57. The van der Waals surface area contributed by atoms with Gasteiger partial charge in [0, 0.05) is 5.56 Å². The van der Waals surface area contributed by atoms with Gasteiger partial charge in [0.1, 0.15) is 11.9 Å².